The Morgan fingerprint density at radius 2 is 1.74 bits per heavy atom. The van der Waals surface area contributed by atoms with E-state index in [9.17, 15) is 18.0 Å². The highest BCUT2D eigenvalue weighted by Gasteiger charge is 2.30. The van der Waals surface area contributed by atoms with Gasteiger partial charge in [0, 0.05) is 12.1 Å². The van der Waals surface area contributed by atoms with Crippen molar-refractivity contribution in [2.24, 2.45) is 0 Å². The molecule has 1 rings (SSSR count). The predicted molar refractivity (Wildman–Crippen MR) is 60.3 cm³/mol. The molecule has 1 aromatic rings. The second-order valence-corrected chi connectivity index (χ2v) is 3.49. The standard InChI is InChI=1S/C11H12F3NO4/c1-17-8-3-6(7(15)4-9(8)18-2)10(16)19-5-11(12,13)14/h3-4H,5,15H2,1-2H3. The molecule has 1 aromatic carbocycles. The molecular weight excluding hydrogens is 267 g/mol. The molecule has 2 N–H and O–H groups in total. The maximum Gasteiger partial charge on any atom is 0.422 e. The molecule has 106 valence electrons. The van der Waals surface area contributed by atoms with Gasteiger partial charge in [0.05, 0.1) is 25.5 Å². The van der Waals surface area contributed by atoms with Crippen LogP contribution in [-0.2, 0) is 4.74 Å². The predicted octanol–water partition coefficient (Wildman–Crippen LogP) is 2.01. The molecule has 0 saturated heterocycles. The van der Waals surface area contributed by atoms with Gasteiger partial charge in [-0.15, -0.1) is 0 Å². The van der Waals surface area contributed by atoms with E-state index in [4.69, 9.17) is 15.2 Å². The quantitative estimate of drug-likeness (QED) is 0.674. The van der Waals surface area contributed by atoms with Gasteiger partial charge in [-0.05, 0) is 0 Å². The van der Waals surface area contributed by atoms with E-state index < -0.39 is 18.8 Å². The van der Waals surface area contributed by atoms with Crippen molar-refractivity contribution < 1.29 is 32.2 Å². The molecule has 0 aliphatic rings. The smallest absolute Gasteiger partial charge is 0.422 e. The number of esters is 1. The van der Waals surface area contributed by atoms with Gasteiger partial charge in [0.1, 0.15) is 0 Å². The van der Waals surface area contributed by atoms with Crippen LogP contribution in [0.3, 0.4) is 0 Å². The lowest BCUT2D eigenvalue weighted by Gasteiger charge is -2.12. The van der Waals surface area contributed by atoms with Gasteiger partial charge >= 0.3 is 12.1 Å². The van der Waals surface area contributed by atoms with Gasteiger partial charge < -0.3 is 19.9 Å². The Balaban J connectivity index is 2.97. The third kappa shape index (κ3) is 3.94. The Labute approximate surface area is 107 Å². The van der Waals surface area contributed by atoms with Gasteiger partial charge in [-0.25, -0.2) is 4.79 Å². The number of methoxy groups -OCH3 is 2. The number of anilines is 1. The largest absolute Gasteiger partial charge is 0.493 e. The summed E-state index contributed by atoms with van der Waals surface area (Å²) in [4.78, 5) is 11.5. The molecule has 8 heteroatoms. The number of carbonyl (C=O) groups is 1. The van der Waals surface area contributed by atoms with E-state index in [2.05, 4.69) is 4.74 Å². The number of halogens is 3. The first-order chi connectivity index (χ1) is 8.78. The molecular formula is C11H12F3NO4. The average molecular weight is 279 g/mol. The van der Waals surface area contributed by atoms with Gasteiger partial charge in [0.2, 0.25) is 0 Å². The Hall–Kier alpha value is -2.12. The Morgan fingerprint density at radius 1 is 1.21 bits per heavy atom. The summed E-state index contributed by atoms with van der Waals surface area (Å²) in [5, 5.41) is 0. The number of hydrogen-bond acceptors (Lipinski definition) is 5. The highest BCUT2D eigenvalue weighted by Crippen LogP contribution is 2.32. The van der Waals surface area contributed by atoms with Crippen LogP contribution in [0.15, 0.2) is 12.1 Å². The number of carbonyl (C=O) groups excluding carboxylic acids is 1. The summed E-state index contributed by atoms with van der Waals surface area (Å²) < 4.78 is 49.8. The van der Waals surface area contributed by atoms with E-state index in [1.165, 1.54) is 20.3 Å². The monoisotopic (exact) mass is 279 g/mol. The third-order valence-corrected chi connectivity index (χ3v) is 2.14. The molecule has 0 saturated carbocycles. The Kier molecular flexibility index (Phi) is 4.47. The molecule has 0 aliphatic carbocycles. The first kappa shape index (κ1) is 14.9. The van der Waals surface area contributed by atoms with Gasteiger partial charge in [-0.1, -0.05) is 0 Å². The van der Waals surface area contributed by atoms with Crippen molar-refractivity contribution in [2.45, 2.75) is 6.18 Å². The van der Waals surface area contributed by atoms with Gasteiger partial charge in [-0.3, -0.25) is 0 Å². The molecule has 19 heavy (non-hydrogen) atoms. The number of nitrogen functional groups attached to an aromatic ring is 1. The highest BCUT2D eigenvalue weighted by atomic mass is 19.4. The van der Waals surface area contributed by atoms with Gasteiger partial charge in [0.15, 0.2) is 18.1 Å². The number of rotatable bonds is 4. The molecule has 0 aliphatic heterocycles. The Bertz CT molecular complexity index is 474. The maximum absolute atomic E-state index is 11.9. The zero-order valence-electron chi connectivity index (χ0n) is 10.2. The molecule has 0 unspecified atom stereocenters. The Morgan fingerprint density at radius 3 is 2.21 bits per heavy atom. The molecule has 0 amide bonds. The molecule has 0 aromatic heterocycles. The molecule has 0 atom stereocenters. The summed E-state index contributed by atoms with van der Waals surface area (Å²) >= 11 is 0. The zero-order chi connectivity index (χ0) is 14.6. The minimum absolute atomic E-state index is 0.0650. The summed E-state index contributed by atoms with van der Waals surface area (Å²) in [6.07, 6.45) is -4.60. The second-order valence-electron chi connectivity index (χ2n) is 3.49. The molecule has 0 radical (unpaired) electrons. The van der Waals surface area contributed by atoms with Crippen LogP contribution in [0.5, 0.6) is 11.5 Å². The van der Waals surface area contributed by atoms with Crippen LogP contribution in [-0.4, -0.2) is 33.0 Å². The molecule has 5 nitrogen and oxygen atoms in total. The fraction of sp³-hybridized carbons (Fsp3) is 0.364. The van der Waals surface area contributed by atoms with Crippen LogP contribution in [0, 0.1) is 0 Å². The van der Waals surface area contributed by atoms with E-state index in [-0.39, 0.29) is 22.7 Å². The summed E-state index contributed by atoms with van der Waals surface area (Å²) in [5.41, 5.74) is 5.26. The van der Waals surface area contributed by atoms with E-state index in [1.54, 1.807) is 0 Å². The van der Waals surface area contributed by atoms with Crippen LogP contribution in [0.25, 0.3) is 0 Å². The van der Waals surface area contributed by atoms with Gasteiger partial charge in [0.25, 0.3) is 0 Å². The van der Waals surface area contributed by atoms with Gasteiger partial charge in [-0.2, -0.15) is 13.2 Å². The first-order valence-electron chi connectivity index (χ1n) is 5.04. The van der Waals surface area contributed by atoms with Crippen molar-refractivity contribution in [3.63, 3.8) is 0 Å². The maximum atomic E-state index is 11.9. The number of nitrogens with two attached hydrogens (primary N) is 1. The van der Waals surface area contributed by atoms with Crippen molar-refractivity contribution in [3.05, 3.63) is 17.7 Å². The third-order valence-electron chi connectivity index (χ3n) is 2.14. The minimum Gasteiger partial charge on any atom is -0.493 e. The van der Waals surface area contributed by atoms with E-state index >= 15 is 0 Å². The van der Waals surface area contributed by atoms with Crippen molar-refractivity contribution in [2.75, 3.05) is 26.6 Å². The van der Waals surface area contributed by atoms with Crippen molar-refractivity contribution in [1.29, 1.82) is 0 Å². The molecule has 0 spiro atoms. The fourth-order valence-electron chi connectivity index (χ4n) is 1.30. The summed E-state index contributed by atoms with van der Waals surface area (Å²) in [6, 6.07) is 2.43. The van der Waals surface area contributed by atoms with Crippen LogP contribution < -0.4 is 15.2 Å². The highest BCUT2D eigenvalue weighted by molar-refractivity contribution is 5.96. The lowest BCUT2D eigenvalue weighted by atomic mass is 10.1. The van der Waals surface area contributed by atoms with E-state index in [0.717, 1.165) is 6.07 Å². The lowest BCUT2D eigenvalue weighted by molar-refractivity contribution is -0.161. The molecule has 0 bridgehead atoms. The number of ether oxygens (including phenoxy) is 3. The lowest BCUT2D eigenvalue weighted by Crippen LogP contribution is -2.21. The first-order valence-corrected chi connectivity index (χ1v) is 5.04. The van der Waals surface area contributed by atoms with E-state index in [1.807, 2.05) is 0 Å². The fourth-order valence-corrected chi connectivity index (χ4v) is 1.30. The zero-order valence-corrected chi connectivity index (χ0v) is 10.2. The number of hydrogen-bond donors (Lipinski definition) is 1. The van der Waals surface area contributed by atoms with Crippen molar-refractivity contribution >= 4 is 11.7 Å². The SMILES string of the molecule is COc1cc(N)c(C(=O)OCC(F)(F)F)cc1OC. The average Bonchev–Trinajstić information content (AvgIpc) is 2.34. The van der Waals surface area contributed by atoms with E-state index in [0.29, 0.717) is 0 Å². The topological polar surface area (TPSA) is 70.8 Å². The summed E-state index contributed by atoms with van der Waals surface area (Å²) in [6.45, 7) is -1.68. The normalized spacial score (nSPS) is 11.0. The minimum atomic E-state index is -4.60. The molecule has 0 heterocycles. The summed E-state index contributed by atoms with van der Waals surface area (Å²) in [7, 11) is 2.68. The van der Waals surface area contributed by atoms with Crippen LogP contribution >= 0.6 is 0 Å². The number of benzene rings is 1. The van der Waals surface area contributed by atoms with Crippen LogP contribution in [0.4, 0.5) is 18.9 Å². The molecule has 0 fully saturated rings. The number of alkyl halides is 3. The van der Waals surface area contributed by atoms with Crippen LogP contribution in [0.2, 0.25) is 0 Å². The second kappa shape index (κ2) is 5.68. The van der Waals surface area contributed by atoms with Crippen LogP contribution in [0.1, 0.15) is 10.4 Å². The summed E-state index contributed by atoms with van der Waals surface area (Å²) in [5.74, 6) is -0.765. The van der Waals surface area contributed by atoms with Crippen molar-refractivity contribution in [3.8, 4) is 11.5 Å². The van der Waals surface area contributed by atoms with Crippen molar-refractivity contribution in [1.82, 2.24) is 0 Å².